The Kier molecular flexibility index (Phi) is 4.37. The maximum Gasteiger partial charge on any atom is 0.119 e. The largest absolute Gasteiger partial charge is 0.497 e. The van der Waals surface area contributed by atoms with Crippen LogP contribution in [0.1, 0.15) is 12.0 Å². The summed E-state index contributed by atoms with van der Waals surface area (Å²) in [4.78, 5) is 0. The van der Waals surface area contributed by atoms with Gasteiger partial charge in [0, 0.05) is 0 Å². The van der Waals surface area contributed by atoms with Gasteiger partial charge in [-0.05, 0) is 48.2 Å². The van der Waals surface area contributed by atoms with Crippen LogP contribution in [0.25, 0.3) is 11.1 Å². The van der Waals surface area contributed by atoms with Crippen LogP contribution in [0.4, 0.5) is 0 Å². The fourth-order valence-electron chi connectivity index (χ4n) is 1.97. The van der Waals surface area contributed by atoms with E-state index in [0.717, 1.165) is 25.1 Å². The average molecular weight is 241 g/mol. The van der Waals surface area contributed by atoms with Crippen molar-refractivity contribution in [2.75, 3.05) is 13.7 Å². The third-order valence-corrected chi connectivity index (χ3v) is 3.03. The van der Waals surface area contributed by atoms with Crippen molar-refractivity contribution in [2.45, 2.75) is 12.8 Å². The fourth-order valence-corrected chi connectivity index (χ4v) is 1.97. The standard InChI is InChI=1S/C16H19NO/c1-18-16-6-2-5-15(12-16)14-9-7-13(8-10-14)4-3-11-17/h2,5-10,12H,3-4,11,17H2,1H3. The van der Waals surface area contributed by atoms with E-state index < -0.39 is 0 Å². The van der Waals surface area contributed by atoms with Crippen molar-refractivity contribution >= 4 is 0 Å². The van der Waals surface area contributed by atoms with Crippen molar-refractivity contribution in [2.24, 2.45) is 5.73 Å². The van der Waals surface area contributed by atoms with Gasteiger partial charge in [0.25, 0.3) is 0 Å². The molecule has 0 radical (unpaired) electrons. The zero-order chi connectivity index (χ0) is 12.8. The number of methoxy groups -OCH3 is 1. The predicted octanol–water partition coefficient (Wildman–Crippen LogP) is 3.25. The lowest BCUT2D eigenvalue weighted by atomic mass is 10.0. The second-order valence-electron chi connectivity index (χ2n) is 4.32. The topological polar surface area (TPSA) is 35.2 Å². The molecule has 0 saturated heterocycles. The quantitative estimate of drug-likeness (QED) is 0.872. The highest BCUT2D eigenvalue weighted by molar-refractivity contribution is 5.65. The molecule has 94 valence electrons. The molecular weight excluding hydrogens is 222 g/mol. The lowest BCUT2D eigenvalue weighted by molar-refractivity contribution is 0.415. The highest BCUT2D eigenvalue weighted by atomic mass is 16.5. The van der Waals surface area contributed by atoms with Crippen LogP contribution < -0.4 is 10.5 Å². The van der Waals surface area contributed by atoms with Crippen LogP contribution in [0.2, 0.25) is 0 Å². The molecule has 0 unspecified atom stereocenters. The molecule has 0 atom stereocenters. The lowest BCUT2D eigenvalue weighted by Crippen LogP contribution is -2.00. The molecule has 0 spiro atoms. The Bertz CT molecular complexity index is 491. The van der Waals surface area contributed by atoms with E-state index in [0.29, 0.717) is 0 Å². The number of nitrogens with two attached hydrogens (primary N) is 1. The summed E-state index contributed by atoms with van der Waals surface area (Å²) in [7, 11) is 1.69. The first-order valence-electron chi connectivity index (χ1n) is 6.27. The van der Waals surface area contributed by atoms with Crippen LogP contribution in [0.3, 0.4) is 0 Å². The molecule has 18 heavy (non-hydrogen) atoms. The SMILES string of the molecule is COc1cccc(-c2ccc(CCCN)cc2)c1. The first kappa shape index (κ1) is 12.7. The summed E-state index contributed by atoms with van der Waals surface area (Å²) >= 11 is 0. The Morgan fingerprint density at radius 3 is 2.44 bits per heavy atom. The van der Waals surface area contributed by atoms with Gasteiger partial charge in [-0.2, -0.15) is 0 Å². The molecule has 0 aliphatic carbocycles. The number of rotatable bonds is 5. The molecule has 0 aliphatic heterocycles. The summed E-state index contributed by atoms with van der Waals surface area (Å²) in [6.07, 6.45) is 2.09. The van der Waals surface area contributed by atoms with Gasteiger partial charge in [0.15, 0.2) is 0 Å². The number of ether oxygens (including phenoxy) is 1. The third-order valence-electron chi connectivity index (χ3n) is 3.03. The van der Waals surface area contributed by atoms with Gasteiger partial charge in [0.05, 0.1) is 7.11 Å². The molecule has 0 fully saturated rings. The molecule has 0 bridgehead atoms. The summed E-state index contributed by atoms with van der Waals surface area (Å²) in [5.74, 6) is 0.889. The first-order valence-corrected chi connectivity index (χ1v) is 6.27. The second-order valence-corrected chi connectivity index (χ2v) is 4.32. The van der Waals surface area contributed by atoms with E-state index in [1.165, 1.54) is 16.7 Å². The predicted molar refractivity (Wildman–Crippen MR) is 75.8 cm³/mol. The van der Waals surface area contributed by atoms with Crippen LogP contribution in [-0.4, -0.2) is 13.7 Å². The van der Waals surface area contributed by atoms with E-state index in [2.05, 4.69) is 36.4 Å². The van der Waals surface area contributed by atoms with E-state index in [1.54, 1.807) is 7.11 Å². The molecule has 0 saturated carbocycles. The maximum atomic E-state index is 5.52. The Labute approximate surface area is 108 Å². The molecule has 2 aromatic rings. The minimum absolute atomic E-state index is 0.748. The highest BCUT2D eigenvalue weighted by Gasteiger charge is 2.00. The Morgan fingerprint density at radius 2 is 1.78 bits per heavy atom. The molecule has 0 aromatic heterocycles. The third kappa shape index (κ3) is 3.11. The second kappa shape index (κ2) is 6.22. The van der Waals surface area contributed by atoms with Crippen molar-refractivity contribution in [1.82, 2.24) is 0 Å². The maximum absolute atomic E-state index is 5.52. The van der Waals surface area contributed by atoms with Crippen LogP contribution in [0.5, 0.6) is 5.75 Å². The van der Waals surface area contributed by atoms with Gasteiger partial charge in [0.2, 0.25) is 0 Å². The van der Waals surface area contributed by atoms with E-state index in [9.17, 15) is 0 Å². The minimum Gasteiger partial charge on any atom is -0.497 e. The first-order chi connectivity index (χ1) is 8.83. The smallest absolute Gasteiger partial charge is 0.119 e. The average Bonchev–Trinajstić information content (AvgIpc) is 2.46. The monoisotopic (exact) mass is 241 g/mol. The van der Waals surface area contributed by atoms with Crippen molar-refractivity contribution < 1.29 is 4.74 Å². The summed E-state index contributed by atoms with van der Waals surface area (Å²) in [6, 6.07) is 16.8. The van der Waals surface area contributed by atoms with Gasteiger partial charge < -0.3 is 10.5 Å². The molecule has 2 nitrogen and oxygen atoms in total. The molecule has 0 heterocycles. The van der Waals surface area contributed by atoms with Gasteiger partial charge in [-0.1, -0.05) is 36.4 Å². The van der Waals surface area contributed by atoms with Gasteiger partial charge in [0.1, 0.15) is 5.75 Å². The number of hydrogen-bond acceptors (Lipinski definition) is 2. The number of hydrogen-bond donors (Lipinski definition) is 1. The highest BCUT2D eigenvalue weighted by Crippen LogP contribution is 2.24. The van der Waals surface area contributed by atoms with Gasteiger partial charge >= 0.3 is 0 Å². The van der Waals surface area contributed by atoms with Crippen molar-refractivity contribution in [1.29, 1.82) is 0 Å². The number of benzene rings is 2. The lowest BCUT2D eigenvalue weighted by Gasteiger charge is -2.06. The normalized spacial score (nSPS) is 10.3. The van der Waals surface area contributed by atoms with Crippen LogP contribution in [0.15, 0.2) is 48.5 Å². The Hall–Kier alpha value is -1.80. The fraction of sp³-hybridized carbons (Fsp3) is 0.250. The van der Waals surface area contributed by atoms with Crippen LogP contribution in [-0.2, 0) is 6.42 Å². The summed E-state index contributed by atoms with van der Waals surface area (Å²) in [6.45, 7) is 0.748. The van der Waals surface area contributed by atoms with E-state index in [4.69, 9.17) is 10.5 Å². The molecule has 2 heteroatoms. The van der Waals surface area contributed by atoms with Crippen LogP contribution in [0, 0.1) is 0 Å². The van der Waals surface area contributed by atoms with E-state index in [1.807, 2.05) is 12.1 Å². The summed E-state index contributed by atoms with van der Waals surface area (Å²) in [5.41, 5.74) is 9.25. The van der Waals surface area contributed by atoms with E-state index in [-0.39, 0.29) is 0 Å². The van der Waals surface area contributed by atoms with Gasteiger partial charge in [-0.25, -0.2) is 0 Å². The zero-order valence-corrected chi connectivity index (χ0v) is 10.7. The van der Waals surface area contributed by atoms with Crippen molar-refractivity contribution in [3.8, 4) is 16.9 Å². The Morgan fingerprint density at radius 1 is 1.00 bits per heavy atom. The zero-order valence-electron chi connectivity index (χ0n) is 10.7. The summed E-state index contributed by atoms with van der Waals surface area (Å²) < 4.78 is 5.24. The molecule has 2 aromatic carbocycles. The summed E-state index contributed by atoms with van der Waals surface area (Å²) in [5, 5.41) is 0. The molecular formula is C16H19NO. The molecule has 0 aliphatic rings. The van der Waals surface area contributed by atoms with Crippen LogP contribution >= 0.6 is 0 Å². The van der Waals surface area contributed by atoms with Crippen molar-refractivity contribution in [3.05, 3.63) is 54.1 Å². The van der Waals surface area contributed by atoms with Crippen molar-refractivity contribution in [3.63, 3.8) is 0 Å². The molecule has 0 amide bonds. The minimum atomic E-state index is 0.748. The van der Waals surface area contributed by atoms with Gasteiger partial charge in [-0.3, -0.25) is 0 Å². The Balaban J connectivity index is 2.17. The van der Waals surface area contributed by atoms with Gasteiger partial charge in [-0.15, -0.1) is 0 Å². The molecule has 2 N–H and O–H groups in total. The number of aryl methyl sites for hydroxylation is 1. The van der Waals surface area contributed by atoms with E-state index >= 15 is 0 Å². The molecule has 2 rings (SSSR count).